The quantitative estimate of drug-likeness (QED) is 0.474. The van der Waals surface area contributed by atoms with E-state index in [0.717, 1.165) is 40.5 Å². The maximum Gasteiger partial charge on any atom is 0.189 e. The Hall–Kier alpha value is -2.59. The molecule has 0 aliphatic heterocycles. The van der Waals surface area contributed by atoms with E-state index in [4.69, 9.17) is 9.73 Å². The molecular formula is C24H26N2OS. The summed E-state index contributed by atoms with van der Waals surface area (Å²) in [5.41, 5.74) is 5.05. The SMILES string of the molecule is COc1ccc(-c2csc(=NCCC3=CCCCC3)n2-c2ccccc2)cc1. The van der Waals surface area contributed by atoms with Gasteiger partial charge in [-0.1, -0.05) is 29.8 Å². The topological polar surface area (TPSA) is 26.5 Å². The first kappa shape index (κ1) is 18.8. The Balaban J connectivity index is 1.69. The van der Waals surface area contributed by atoms with Crippen molar-refractivity contribution in [3.8, 4) is 22.7 Å². The van der Waals surface area contributed by atoms with Crippen molar-refractivity contribution >= 4 is 11.3 Å². The fourth-order valence-electron chi connectivity index (χ4n) is 3.64. The van der Waals surface area contributed by atoms with Crippen molar-refractivity contribution in [3.05, 3.63) is 76.4 Å². The van der Waals surface area contributed by atoms with Crippen molar-refractivity contribution < 1.29 is 4.74 Å². The van der Waals surface area contributed by atoms with Crippen LogP contribution in [-0.2, 0) is 0 Å². The van der Waals surface area contributed by atoms with Gasteiger partial charge in [0.2, 0.25) is 0 Å². The van der Waals surface area contributed by atoms with Crippen LogP contribution < -0.4 is 9.54 Å². The monoisotopic (exact) mass is 390 g/mol. The zero-order chi connectivity index (χ0) is 19.2. The fourth-order valence-corrected chi connectivity index (χ4v) is 4.57. The second-order valence-electron chi connectivity index (χ2n) is 7.04. The molecule has 0 spiro atoms. The summed E-state index contributed by atoms with van der Waals surface area (Å²) in [7, 11) is 1.70. The van der Waals surface area contributed by atoms with Crippen LogP contribution in [0, 0.1) is 0 Å². The first-order chi connectivity index (χ1) is 13.8. The lowest BCUT2D eigenvalue weighted by molar-refractivity contribution is 0.415. The van der Waals surface area contributed by atoms with Crippen LogP contribution in [-0.4, -0.2) is 18.2 Å². The van der Waals surface area contributed by atoms with E-state index in [1.807, 2.05) is 12.1 Å². The second-order valence-corrected chi connectivity index (χ2v) is 7.88. The zero-order valence-electron chi connectivity index (χ0n) is 16.3. The Bertz CT molecular complexity index is 997. The van der Waals surface area contributed by atoms with Gasteiger partial charge >= 0.3 is 0 Å². The zero-order valence-corrected chi connectivity index (χ0v) is 17.1. The van der Waals surface area contributed by atoms with Crippen LogP contribution >= 0.6 is 11.3 Å². The number of rotatable bonds is 6. The van der Waals surface area contributed by atoms with E-state index in [9.17, 15) is 0 Å². The number of aromatic nitrogens is 1. The van der Waals surface area contributed by atoms with Crippen LogP contribution in [0.5, 0.6) is 5.75 Å². The van der Waals surface area contributed by atoms with Crippen molar-refractivity contribution in [2.45, 2.75) is 32.1 Å². The number of benzene rings is 2. The third-order valence-electron chi connectivity index (χ3n) is 5.17. The first-order valence-electron chi connectivity index (χ1n) is 9.94. The van der Waals surface area contributed by atoms with Gasteiger partial charge in [0.15, 0.2) is 4.80 Å². The molecule has 4 heteroatoms. The number of hydrogen-bond donors (Lipinski definition) is 0. The molecule has 0 amide bonds. The molecule has 2 aromatic carbocycles. The molecule has 0 fully saturated rings. The molecule has 4 rings (SSSR count). The van der Waals surface area contributed by atoms with Gasteiger partial charge in [0.25, 0.3) is 0 Å². The summed E-state index contributed by atoms with van der Waals surface area (Å²) < 4.78 is 7.57. The molecule has 0 radical (unpaired) electrons. The highest BCUT2D eigenvalue weighted by atomic mass is 32.1. The molecule has 0 bridgehead atoms. The Labute approximate surface area is 170 Å². The van der Waals surface area contributed by atoms with Crippen LogP contribution in [0.3, 0.4) is 0 Å². The van der Waals surface area contributed by atoms with E-state index in [-0.39, 0.29) is 0 Å². The smallest absolute Gasteiger partial charge is 0.189 e. The predicted octanol–water partition coefficient (Wildman–Crippen LogP) is 6.01. The largest absolute Gasteiger partial charge is 0.497 e. The number of nitrogens with zero attached hydrogens (tertiary/aromatic N) is 2. The fraction of sp³-hybridized carbons (Fsp3) is 0.292. The minimum atomic E-state index is 0.848. The summed E-state index contributed by atoms with van der Waals surface area (Å²) >= 11 is 1.71. The molecular weight excluding hydrogens is 364 g/mol. The highest BCUT2D eigenvalue weighted by Crippen LogP contribution is 2.25. The molecule has 0 unspecified atom stereocenters. The summed E-state index contributed by atoms with van der Waals surface area (Å²) in [4.78, 5) is 6.02. The maximum absolute atomic E-state index is 5.31. The van der Waals surface area contributed by atoms with Crippen molar-refractivity contribution in [1.29, 1.82) is 0 Å². The van der Waals surface area contributed by atoms with Crippen LogP contribution in [0.1, 0.15) is 32.1 Å². The molecule has 1 heterocycles. The Morgan fingerprint density at radius 3 is 2.57 bits per heavy atom. The van der Waals surface area contributed by atoms with E-state index < -0.39 is 0 Å². The van der Waals surface area contributed by atoms with Crippen LogP contribution in [0.25, 0.3) is 16.9 Å². The summed E-state index contributed by atoms with van der Waals surface area (Å²) in [5.74, 6) is 0.871. The number of allylic oxidation sites excluding steroid dienone is 1. The number of thiazole rings is 1. The molecule has 28 heavy (non-hydrogen) atoms. The van der Waals surface area contributed by atoms with Gasteiger partial charge in [-0.15, -0.1) is 11.3 Å². The highest BCUT2D eigenvalue weighted by Gasteiger charge is 2.10. The third-order valence-corrected chi connectivity index (χ3v) is 6.04. The second kappa shape index (κ2) is 9.07. The summed E-state index contributed by atoms with van der Waals surface area (Å²) in [6, 6.07) is 18.7. The Morgan fingerprint density at radius 1 is 1.04 bits per heavy atom. The maximum atomic E-state index is 5.31. The summed E-state index contributed by atoms with van der Waals surface area (Å²) in [5, 5.41) is 2.20. The average Bonchev–Trinajstić information content (AvgIpc) is 3.19. The number of para-hydroxylation sites is 1. The van der Waals surface area contributed by atoms with E-state index in [1.165, 1.54) is 25.7 Å². The van der Waals surface area contributed by atoms with E-state index >= 15 is 0 Å². The lowest BCUT2D eigenvalue weighted by Gasteiger charge is -2.11. The van der Waals surface area contributed by atoms with Gasteiger partial charge in [0.1, 0.15) is 5.75 Å². The van der Waals surface area contributed by atoms with Crippen molar-refractivity contribution in [1.82, 2.24) is 4.57 Å². The minimum Gasteiger partial charge on any atom is -0.497 e. The summed E-state index contributed by atoms with van der Waals surface area (Å²) in [6.45, 7) is 0.848. The third kappa shape index (κ3) is 4.28. The van der Waals surface area contributed by atoms with E-state index in [0.29, 0.717) is 0 Å². The van der Waals surface area contributed by atoms with Crippen LogP contribution in [0.15, 0.2) is 76.6 Å². The number of hydrogen-bond acceptors (Lipinski definition) is 3. The minimum absolute atomic E-state index is 0.848. The molecule has 0 saturated carbocycles. The van der Waals surface area contributed by atoms with E-state index in [1.54, 1.807) is 24.0 Å². The highest BCUT2D eigenvalue weighted by molar-refractivity contribution is 7.07. The van der Waals surface area contributed by atoms with Crippen molar-refractivity contribution in [3.63, 3.8) is 0 Å². The molecule has 144 valence electrons. The normalized spacial score (nSPS) is 14.8. The van der Waals surface area contributed by atoms with Crippen LogP contribution in [0.4, 0.5) is 0 Å². The van der Waals surface area contributed by atoms with Gasteiger partial charge in [-0.25, -0.2) is 0 Å². The molecule has 0 N–H and O–H groups in total. The molecule has 3 nitrogen and oxygen atoms in total. The summed E-state index contributed by atoms with van der Waals surface area (Å²) in [6.07, 6.45) is 8.64. The van der Waals surface area contributed by atoms with Crippen molar-refractivity contribution in [2.24, 2.45) is 4.99 Å². The molecule has 1 aliphatic carbocycles. The number of ether oxygens (including phenoxy) is 1. The lowest BCUT2D eigenvalue weighted by Crippen LogP contribution is -2.14. The Morgan fingerprint density at radius 2 is 1.86 bits per heavy atom. The molecule has 3 aromatic rings. The molecule has 1 aliphatic rings. The van der Waals surface area contributed by atoms with Gasteiger partial charge in [-0.3, -0.25) is 9.56 Å². The first-order valence-corrected chi connectivity index (χ1v) is 10.8. The lowest BCUT2D eigenvalue weighted by atomic mass is 9.97. The van der Waals surface area contributed by atoms with Gasteiger partial charge in [0, 0.05) is 17.6 Å². The van der Waals surface area contributed by atoms with Crippen LogP contribution in [0.2, 0.25) is 0 Å². The van der Waals surface area contributed by atoms with Gasteiger partial charge in [0.05, 0.1) is 12.8 Å². The van der Waals surface area contributed by atoms with Crippen molar-refractivity contribution in [2.75, 3.05) is 13.7 Å². The van der Waals surface area contributed by atoms with Gasteiger partial charge in [-0.2, -0.15) is 0 Å². The van der Waals surface area contributed by atoms with Gasteiger partial charge < -0.3 is 4.74 Å². The number of methoxy groups -OCH3 is 1. The molecule has 0 atom stereocenters. The van der Waals surface area contributed by atoms with Gasteiger partial charge in [-0.05, 0) is 74.1 Å². The molecule has 1 aromatic heterocycles. The van der Waals surface area contributed by atoms with E-state index in [2.05, 4.69) is 58.5 Å². The predicted molar refractivity (Wildman–Crippen MR) is 117 cm³/mol. The molecule has 0 saturated heterocycles. The Kier molecular flexibility index (Phi) is 6.07. The average molecular weight is 391 g/mol. The standard InChI is InChI=1S/C24H26N2OS/c1-27-22-14-12-20(13-15-22)23-18-28-24(26(23)21-10-6-3-7-11-21)25-17-16-19-8-4-2-5-9-19/h3,6-8,10-15,18H,2,4-5,9,16-17H2,1H3.